The molecule has 168 valence electrons. The Hall–Kier alpha value is -2.93. The highest BCUT2D eigenvalue weighted by Crippen LogP contribution is 2.32. The zero-order valence-electron chi connectivity index (χ0n) is 16.8. The van der Waals surface area contributed by atoms with Crippen LogP contribution < -0.4 is 10.3 Å². The van der Waals surface area contributed by atoms with Crippen LogP contribution in [0.1, 0.15) is 13.3 Å². The van der Waals surface area contributed by atoms with E-state index in [-0.39, 0.29) is 41.2 Å². The van der Waals surface area contributed by atoms with Crippen molar-refractivity contribution < 1.29 is 32.9 Å². The van der Waals surface area contributed by atoms with E-state index in [1.54, 1.807) is 0 Å². The van der Waals surface area contributed by atoms with Gasteiger partial charge in [0.05, 0.1) is 30.1 Å². The van der Waals surface area contributed by atoms with Crippen LogP contribution in [0.15, 0.2) is 34.1 Å². The summed E-state index contributed by atoms with van der Waals surface area (Å²) in [7, 11) is -4.05. The molecular weight excluding hydrogens is 430 g/mol. The number of aromatic nitrogens is 2. The zero-order chi connectivity index (χ0) is 22.6. The monoisotopic (exact) mass is 453 g/mol. The van der Waals surface area contributed by atoms with Gasteiger partial charge in [0.25, 0.3) is 5.56 Å². The second-order valence-corrected chi connectivity index (χ2v) is 8.55. The molecule has 3 aromatic rings. The average Bonchev–Trinajstić information content (AvgIpc) is 3.16. The summed E-state index contributed by atoms with van der Waals surface area (Å²) in [5.74, 6) is 0.0179. The van der Waals surface area contributed by atoms with E-state index >= 15 is 0 Å². The molecule has 0 bridgehead atoms. The van der Waals surface area contributed by atoms with Crippen LogP contribution in [0.25, 0.3) is 21.8 Å². The molecule has 0 aliphatic rings. The molecule has 0 aliphatic carbocycles. The molecule has 0 aliphatic heterocycles. The van der Waals surface area contributed by atoms with Crippen LogP contribution in [0.5, 0.6) is 5.75 Å². The summed E-state index contributed by atoms with van der Waals surface area (Å²) in [4.78, 5) is 29.5. The molecule has 2 aromatic heterocycles. The average molecular weight is 453 g/mol. The highest BCUT2D eigenvalue weighted by molar-refractivity contribution is 7.89. The molecule has 1 aromatic carbocycles. The molecule has 0 spiro atoms. The zero-order valence-corrected chi connectivity index (χ0v) is 17.6. The number of pyridine rings is 1. The molecule has 31 heavy (non-hydrogen) atoms. The van der Waals surface area contributed by atoms with E-state index in [4.69, 9.17) is 9.47 Å². The molecular formula is C19H23N3O8S. The van der Waals surface area contributed by atoms with Crippen LogP contribution >= 0.6 is 0 Å². The predicted octanol–water partition coefficient (Wildman–Crippen LogP) is 0.910. The van der Waals surface area contributed by atoms with Gasteiger partial charge in [0.15, 0.2) is 5.75 Å². The summed E-state index contributed by atoms with van der Waals surface area (Å²) in [6.45, 7) is 0.773. The fourth-order valence-electron chi connectivity index (χ4n) is 3.15. The topological polar surface area (TPSA) is 162 Å². The summed E-state index contributed by atoms with van der Waals surface area (Å²) in [5, 5.41) is 18.9. The van der Waals surface area contributed by atoms with Gasteiger partial charge in [-0.3, -0.25) is 4.79 Å². The number of carbonyl (C=O) groups is 1. The number of nitrogens with one attached hydrogen (secondary N) is 2. The van der Waals surface area contributed by atoms with Gasteiger partial charge >= 0.3 is 6.16 Å². The first-order chi connectivity index (χ1) is 14.8. The number of sulfonamides is 1. The van der Waals surface area contributed by atoms with E-state index in [1.165, 1.54) is 24.4 Å². The summed E-state index contributed by atoms with van der Waals surface area (Å²) in [5.41, 5.74) is -0.0429. The van der Waals surface area contributed by atoms with Crippen molar-refractivity contribution in [3.63, 3.8) is 0 Å². The van der Waals surface area contributed by atoms with Crippen LogP contribution in [0.3, 0.4) is 0 Å². The Morgan fingerprint density at radius 2 is 1.90 bits per heavy atom. The number of aliphatic hydroxyl groups excluding tert-OH is 2. The van der Waals surface area contributed by atoms with E-state index in [0.29, 0.717) is 17.3 Å². The molecule has 12 heteroatoms. The Bertz CT molecular complexity index is 1240. The van der Waals surface area contributed by atoms with Gasteiger partial charge in [-0.15, -0.1) is 0 Å². The molecule has 0 radical (unpaired) electrons. The SMILES string of the molecule is CCCOC(=O)Oc1c[nH]c2c(=O)[nH]c3ccc(S(=O)(=O)N(CCO)CCO)cc3c12. The fraction of sp³-hybridized carbons (Fsp3) is 0.368. The third-order valence-electron chi connectivity index (χ3n) is 4.53. The van der Waals surface area contributed by atoms with E-state index < -0.39 is 35.0 Å². The number of H-pyrrole nitrogens is 2. The number of carbonyl (C=O) groups excluding carboxylic acids is 1. The van der Waals surface area contributed by atoms with Gasteiger partial charge < -0.3 is 29.7 Å². The second-order valence-electron chi connectivity index (χ2n) is 6.62. The second kappa shape index (κ2) is 9.47. The Balaban J connectivity index is 2.15. The highest BCUT2D eigenvalue weighted by atomic mass is 32.2. The number of rotatable bonds is 9. The third kappa shape index (κ3) is 4.56. The molecule has 0 unspecified atom stereocenters. The molecule has 0 saturated carbocycles. The molecule has 0 atom stereocenters. The van der Waals surface area contributed by atoms with Crippen LogP contribution in [-0.4, -0.2) is 72.0 Å². The van der Waals surface area contributed by atoms with Crippen molar-refractivity contribution in [1.82, 2.24) is 14.3 Å². The minimum atomic E-state index is -4.05. The molecule has 3 rings (SSSR count). The van der Waals surface area contributed by atoms with Gasteiger partial charge in [0.2, 0.25) is 10.0 Å². The number of nitrogens with zero attached hydrogens (tertiary/aromatic N) is 1. The van der Waals surface area contributed by atoms with Crippen molar-refractivity contribution in [2.45, 2.75) is 18.2 Å². The lowest BCUT2D eigenvalue weighted by molar-refractivity contribution is 0.0997. The molecule has 0 amide bonds. The Labute approximate surface area is 177 Å². The van der Waals surface area contributed by atoms with Crippen molar-refractivity contribution in [3.05, 3.63) is 34.7 Å². The molecule has 2 heterocycles. The quantitative estimate of drug-likeness (QED) is 0.348. The summed E-state index contributed by atoms with van der Waals surface area (Å²) >= 11 is 0. The van der Waals surface area contributed by atoms with Gasteiger partial charge in [-0.1, -0.05) is 6.92 Å². The maximum Gasteiger partial charge on any atom is 0.513 e. The van der Waals surface area contributed by atoms with Gasteiger partial charge in [-0.2, -0.15) is 4.31 Å². The lowest BCUT2D eigenvalue weighted by Gasteiger charge is -2.20. The lowest BCUT2D eigenvalue weighted by Crippen LogP contribution is -2.35. The first kappa shape index (κ1) is 22.7. The minimum Gasteiger partial charge on any atom is -0.434 e. The lowest BCUT2D eigenvalue weighted by atomic mass is 10.1. The first-order valence-corrected chi connectivity index (χ1v) is 11.0. The summed E-state index contributed by atoms with van der Waals surface area (Å²) < 4.78 is 37.1. The van der Waals surface area contributed by atoms with Gasteiger partial charge in [-0.25, -0.2) is 13.2 Å². The number of aromatic amines is 2. The van der Waals surface area contributed by atoms with Crippen molar-refractivity contribution in [2.75, 3.05) is 32.9 Å². The number of aliphatic hydroxyl groups is 2. The molecule has 4 N–H and O–H groups in total. The standard InChI is InChI=1S/C19H23N3O8S/c1-2-9-29-19(26)30-15-11-20-17-16(15)13-10-12(3-4-14(13)21-18(17)25)31(27,28)22(5-7-23)6-8-24/h3-4,10-11,20,23-24H,2,5-9H2,1H3,(H,21,25). The number of fused-ring (bicyclic) bond motifs is 3. The van der Waals surface area contributed by atoms with Crippen molar-refractivity contribution >= 4 is 38.0 Å². The molecule has 0 saturated heterocycles. The van der Waals surface area contributed by atoms with Crippen molar-refractivity contribution in [2.24, 2.45) is 0 Å². The van der Waals surface area contributed by atoms with E-state index in [1.807, 2.05) is 6.92 Å². The Morgan fingerprint density at radius 1 is 1.19 bits per heavy atom. The van der Waals surface area contributed by atoms with Gasteiger partial charge in [0, 0.05) is 30.2 Å². The van der Waals surface area contributed by atoms with E-state index in [0.717, 1.165) is 4.31 Å². The molecule has 11 nitrogen and oxygen atoms in total. The number of hydrogen-bond acceptors (Lipinski definition) is 8. The maximum atomic E-state index is 13.0. The van der Waals surface area contributed by atoms with Crippen LogP contribution in [0.4, 0.5) is 4.79 Å². The normalized spacial score (nSPS) is 12.0. The van der Waals surface area contributed by atoms with Crippen LogP contribution in [-0.2, 0) is 14.8 Å². The van der Waals surface area contributed by atoms with Crippen molar-refractivity contribution in [1.29, 1.82) is 0 Å². The Morgan fingerprint density at radius 3 is 2.55 bits per heavy atom. The maximum absolute atomic E-state index is 13.0. The smallest absolute Gasteiger partial charge is 0.434 e. The third-order valence-corrected chi connectivity index (χ3v) is 6.43. The first-order valence-electron chi connectivity index (χ1n) is 9.57. The predicted molar refractivity (Wildman–Crippen MR) is 112 cm³/mol. The number of benzene rings is 1. The van der Waals surface area contributed by atoms with Crippen LogP contribution in [0.2, 0.25) is 0 Å². The fourth-order valence-corrected chi connectivity index (χ4v) is 4.59. The van der Waals surface area contributed by atoms with Gasteiger partial charge in [-0.05, 0) is 24.6 Å². The summed E-state index contributed by atoms with van der Waals surface area (Å²) in [6, 6.07) is 4.07. The van der Waals surface area contributed by atoms with E-state index in [2.05, 4.69) is 9.97 Å². The Kier molecular flexibility index (Phi) is 6.95. The van der Waals surface area contributed by atoms with Crippen molar-refractivity contribution in [3.8, 4) is 5.75 Å². The summed E-state index contributed by atoms with van der Waals surface area (Å²) in [6.07, 6.45) is 0.972. The van der Waals surface area contributed by atoms with E-state index in [9.17, 15) is 28.2 Å². The largest absolute Gasteiger partial charge is 0.513 e. The van der Waals surface area contributed by atoms with Gasteiger partial charge in [0.1, 0.15) is 5.52 Å². The number of ether oxygens (including phenoxy) is 2. The molecule has 0 fully saturated rings. The van der Waals surface area contributed by atoms with Crippen LogP contribution in [0, 0.1) is 0 Å². The highest BCUT2D eigenvalue weighted by Gasteiger charge is 2.25. The number of hydrogen-bond donors (Lipinski definition) is 4. The minimum absolute atomic E-state index is 0.0179.